The largest absolute Gasteiger partial charge is 0.396 e. The molecule has 2 heterocycles. The van der Waals surface area contributed by atoms with Gasteiger partial charge in [-0.1, -0.05) is 13.0 Å². The van der Waals surface area contributed by atoms with Gasteiger partial charge in [-0.2, -0.15) is 17.0 Å². The second-order valence-electron chi connectivity index (χ2n) is 5.06. The van der Waals surface area contributed by atoms with Crippen LogP contribution >= 0.6 is 11.3 Å². The number of aliphatic hydroxyl groups is 1. The highest BCUT2D eigenvalue weighted by Crippen LogP contribution is 2.22. The molecule has 0 saturated carbocycles. The molecule has 0 aromatic carbocycles. The molecule has 1 aliphatic rings. The highest BCUT2D eigenvalue weighted by Gasteiger charge is 2.32. The van der Waals surface area contributed by atoms with E-state index in [2.05, 4.69) is 0 Å². The molecule has 0 spiro atoms. The van der Waals surface area contributed by atoms with Crippen molar-refractivity contribution in [1.29, 1.82) is 0 Å². The molecule has 1 aromatic heterocycles. The maximum atomic E-state index is 12.7. The second kappa shape index (κ2) is 7.00. The first-order chi connectivity index (χ1) is 9.57. The highest BCUT2D eigenvalue weighted by molar-refractivity contribution is 7.86. The summed E-state index contributed by atoms with van der Waals surface area (Å²) in [5.74, 6) is 0.0685. The van der Waals surface area contributed by atoms with E-state index in [1.54, 1.807) is 11.3 Å². The number of hydrogen-bond acceptors (Lipinski definition) is 4. The van der Waals surface area contributed by atoms with E-state index < -0.39 is 10.2 Å². The Morgan fingerprint density at radius 3 is 2.95 bits per heavy atom. The van der Waals surface area contributed by atoms with Crippen molar-refractivity contribution in [3.05, 3.63) is 22.4 Å². The minimum Gasteiger partial charge on any atom is -0.396 e. The van der Waals surface area contributed by atoms with Gasteiger partial charge in [0.15, 0.2) is 0 Å². The maximum Gasteiger partial charge on any atom is 0.282 e. The van der Waals surface area contributed by atoms with E-state index in [1.165, 1.54) is 8.61 Å². The van der Waals surface area contributed by atoms with Crippen LogP contribution in [0.1, 0.15) is 24.6 Å². The first-order valence-corrected chi connectivity index (χ1v) is 9.24. The number of rotatable bonds is 6. The zero-order chi connectivity index (χ0) is 14.6. The fourth-order valence-electron chi connectivity index (χ4n) is 2.48. The predicted octanol–water partition coefficient (Wildman–Crippen LogP) is 1.52. The monoisotopic (exact) mass is 318 g/mol. The highest BCUT2D eigenvalue weighted by atomic mass is 32.2. The average molecular weight is 318 g/mol. The van der Waals surface area contributed by atoms with E-state index in [0.717, 1.165) is 17.7 Å². The molecule has 1 fully saturated rings. The predicted molar refractivity (Wildman–Crippen MR) is 80.7 cm³/mol. The van der Waals surface area contributed by atoms with Crippen molar-refractivity contribution < 1.29 is 13.5 Å². The van der Waals surface area contributed by atoms with E-state index in [9.17, 15) is 13.5 Å². The van der Waals surface area contributed by atoms with E-state index in [4.69, 9.17) is 0 Å². The second-order valence-corrected chi connectivity index (χ2v) is 8.02. The summed E-state index contributed by atoms with van der Waals surface area (Å²) in [4.78, 5) is 1.05. The van der Waals surface area contributed by atoms with Gasteiger partial charge in [0.25, 0.3) is 10.2 Å². The molecule has 20 heavy (non-hydrogen) atoms. The minimum absolute atomic E-state index is 0.0586. The van der Waals surface area contributed by atoms with Crippen molar-refractivity contribution in [2.24, 2.45) is 5.92 Å². The Labute approximate surface area is 125 Å². The smallest absolute Gasteiger partial charge is 0.282 e. The molecule has 5 nitrogen and oxygen atoms in total. The molecule has 1 saturated heterocycles. The molecular formula is C13H22N2O3S2. The van der Waals surface area contributed by atoms with Crippen LogP contribution in [0.15, 0.2) is 17.5 Å². The molecule has 1 aliphatic heterocycles. The Bertz CT molecular complexity index is 502. The molecule has 1 atom stereocenters. The summed E-state index contributed by atoms with van der Waals surface area (Å²) in [7, 11) is -3.43. The third-order valence-electron chi connectivity index (χ3n) is 3.66. The van der Waals surface area contributed by atoms with Crippen LogP contribution in [-0.2, 0) is 16.8 Å². The molecule has 1 aromatic rings. The van der Waals surface area contributed by atoms with E-state index in [1.807, 2.05) is 24.4 Å². The lowest BCUT2D eigenvalue weighted by Crippen LogP contribution is -2.48. The average Bonchev–Trinajstić information content (AvgIpc) is 2.97. The van der Waals surface area contributed by atoms with Crippen LogP contribution in [0.2, 0.25) is 0 Å². The number of nitrogens with zero attached hydrogens (tertiary/aromatic N) is 2. The molecule has 114 valence electrons. The van der Waals surface area contributed by atoms with Crippen LogP contribution in [0.3, 0.4) is 0 Å². The van der Waals surface area contributed by atoms with Crippen LogP contribution in [0.25, 0.3) is 0 Å². The number of thiophene rings is 1. The van der Waals surface area contributed by atoms with Crippen molar-refractivity contribution in [3.8, 4) is 0 Å². The van der Waals surface area contributed by atoms with Crippen molar-refractivity contribution in [2.75, 3.05) is 26.2 Å². The molecular weight excluding hydrogens is 296 g/mol. The van der Waals surface area contributed by atoms with Gasteiger partial charge >= 0.3 is 0 Å². The number of hydrogen-bond donors (Lipinski definition) is 1. The summed E-state index contributed by atoms with van der Waals surface area (Å²) in [6.45, 7) is 3.79. The lowest BCUT2D eigenvalue weighted by atomic mass is 10.0. The van der Waals surface area contributed by atoms with Gasteiger partial charge in [0.1, 0.15) is 0 Å². The van der Waals surface area contributed by atoms with Crippen LogP contribution < -0.4 is 0 Å². The minimum atomic E-state index is -3.43. The summed E-state index contributed by atoms with van der Waals surface area (Å²) >= 11 is 1.57. The van der Waals surface area contributed by atoms with Gasteiger partial charge in [0, 0.05) is 37.7 Å². The molecule has 0 amide bonds. The van der Waals surface area contributed by atoms with Crippen molar-refractivity contribution in [2.45, 2.75) is 26.3 Å². The van der Waals surface area contributed by atoms with Crippen LogP contribution in [0, 0.1) is 5.92 Å². The maximum absolute atomic E-state index is 12.7. The summed E-state index contributed by atoms with van der Waals surface area (Å²) in [6, 6.07) is 3.89. The fraction of sp³-hybridized carbons (Fsp3) is 0.692. The standard InChI is InChI=1S/C13H22N2O3S2/c1-2-14(10-13-6-4-8-19-13)20(17,18)15-7-3-5-12(9-15)11-16/h4,6,8,12,16H,2-3,5,7,9-11H2,1H3. The molecule has 1 unspecified atom stereocenters. The van der Waals surface area contributed by atoms with Gasteiger partial charge in [0.05, 0.1) is 0 Å². The zero-order valence-corrected chi connectivity index (χ0v) is 13.4. The first-order valence-electron chi connectivity index (χ1n) is 6.96. The van der Waals surface area contributed by atoms with Gasteiger partial charge in [-0.25, -0.2) is 0 Å². The normalized spacial score (nSPS) is 21.4. The molecule has 7 heteroatoms. The number of piperidine rings is 1. The Morgan fingerprint density at radius 1 is 1.55 bits per heavy atom. The van der Waals surface area contributed by atoms with Crippen molar-refractivity contribution in [3.63, 3.8) is 0 Å². The molecule has 0 aliphatic carbocycles. The Kier molecular flexibility index (Phi) is 5.57. The zero-order valence-electron chi connectivity index (χ0n) is 11.7. The van der Waals surface area contributed by atoms with Crippen molar-refractivity contribution >= 4 is 21.5 Å². The Morgan fingerprint density at radius 2 is 2.35 bits per heavy atom. The third-order valence-corrected chi connectivity index (χ3v) is 6.54. The summed E-state index contributed by atoms with van der Waals surface area (Å²) in [5.41, 5.74) is 0. The van der Waals surface area contributed by atoms with Crippen LogP contribution in [0.5, 0.6) is 0 Å². The SMILES string of the molecule is CCN(Cc1cccs1)S(=O)(=O)N1CCCC(CO)C1. The molecule has 2 rings (SSSR count). The van der Waals surface area contributed by atoms with Gasteiger partial charge in [-0.05, 0) is 30.2 Å². The fourth-order valence-corrected chi connectivity index (χ4v) is 5.00. The van der Waals surface area contributed by atoms with Gasteiger partial charge in [-0.15, -0.1) is 11.3 Å². The lowest BCUT2D eigenvalue weighted by molar-refractivity contribution is 0.160. The van der Waals surface area contributed by atoms with Crippen LogP contribution in [-0.4, -0.2) is 48.4 Å². The summed E-state index contributed by atoms with van der Waals surface area (Å²) in [5, 5.41) is 11.2. The van der Waals surface area contributed by atoms with Gasteiger partial charge in [0.2, 0.25) is 0 Å². The van der Waals surface area contributed by atoms with Crippen molar-refractivity contribution in [1.82, 2.24) is 8.61 Å². The summed E-state index contributed by atoms with van der Waals surface area (Å²) in [6.07, 6.45) is 1.72. The van der Waals surface area contributed by atoms with E-state index in [-0.39, 0.29) is 12.5 Å². The Balaban J connectivity index is 2.10. The lowest BCUT2D eigenvalue weighted by Gasteiger charge is -2.34. The molecule has 0 radical (unpaired) electrons. The van der Waals surface area contributed by atoms with E-state index in [0.29, 0.717) is 26.2 Å². The third kappa shape index (κ3) is 3.59. The van der Waals surface area contributed by atoms with Gasteiger partial charge < -0.3 is 5.11 Å². The Hall–Kier alpha value is -0.470. The van der Waals surface area contributed by atoms with Crippen LogP contribution in [0.4, 0.5) is 0 Å². The molecule has 0 bridgehead atoms. The van der Waals surface area contributed by atoms with Gasteiger partial charge in [-0.3, -0.25) is 0 Å². The quantitative estimate of drug-likeness (QED) is 0.865. The van der Waals surface area contributed by atoms with E-state index >= 15 is 0 Å². The molecule has 1 N–H and O–H groups in total. The number of aliphatic hydroxyl groups excluding tert-OH is 1. The topological polar surface area (TPSA) is 60.9 Å². The first kappa shape index (κ1) is 15.9. The summed E-state index contributed by atoms with van der Waals surface area (Å²) < 4.78 is 28.4.